The van der Waals surface area contributed by atoms with Gasteiger partial charge in [-0.05, 0) is 13.0 Å². The summed E-state index contributed by atoms with van der Waals surface area (Å²) in [5.41, 5.74) is 0. The van der Waals surface area contributed by atoms with Crippen molar-refractivity contribution in [2.45, 2.75) is 39.2 Å². The third-order valence-electron chi connectivity index (χ3n) is 2.37. The Labute approximate surface area is 96.6 Å². The van der Waals surface area contributed by atoms with Gasteiger partial charge in [-0.2, -0.15) is 4.98 Å². The first-order valence-corrected chi connectivity index (χ1v) is 5.87. The van der Waals surface area contributed by atoms with Gasteiger partial charge in [-0.1, -0.05) is 25.4 Å². The molecule has 0 radical (unpaired) electrons. The van der Waals surface area contributed by atoms with E-state index in [9.17, 15) is 0 Å². The van der Waals surface area contributed by atoms with Gasteiger partial charge in [0.05, 0.1) is 0 Å². The SMILES string of the molecule is CCCC(OC)c1noc(CCNCC)n1. The van der Waals surface area contributed by atoms with E-state index in [0.717, 1.165) is 32.4 Å². The Morgan fingerprint density at radius 2 is 2.25 bits per heavy atom. The zero-order chi connectivity index (χ0) is 11.8. The quantitative estimate of drug-likeness (QED) is 0.685. The molecule has 1 rings (SSSR count). The minimum Gasteiger partial charge on any atom is -0.373 e. The van der Waals surface area contributed by atoms with Gasteiger partial charge in [-0.3, -0.25) is 0 Å². The largest absolute Gasteiger partial charge is 0.373 e. The Hall–Kier alpha value is -0.940. The van der Waals surface area contributed by atoms with Crippen LogP contribution in [0.1, 0.15) is 44.5 Å². The van der Waals surface area contributed by atoms with Crippen LogP contribution < -0.4 is 5.32 Å². The van der Waals surface area contributed by atoms with Gasteiger partial charge in [0.15, 0.2) is 0 Å². The van der Waals surface area contributed by atoms with E-state index in [1.54, 1.807) is 7.11 Å². The Morgan fingerprint density at radius 3 is 2.88 bits per heavy atom. The van der Waals surface area contributed by atoms with E-state index < -0.39 is 0 Å². The number of rotatable bonds is 8. The molecule has 1 unspecified atom stereocenters. The highest BCUT2D eigenvalue weighted by atomic mass is 16.5. The molecule has 1 atom stereocenters. The lowest BCUT2D eigenvalue weighted by Gasteiger charge is -2.08. The summed E-state index contributed by atoms with van der Waals surface area (Å²) in [4.78, 5) is 4.33. The standard InChI is InChI=1S/C11H21N3O2/c1-4-6-9(15-3)11-13-10(16-14-11)7-8-12-5-2/h9,12H,4-8H2,1-3H3. The van der Waals surface area contributed by atoms with Crippen molar-refractivity contribution in [1.29, 1.82) is 0 Å². The van der Waals surface area contributed by atoms with Crippen LogP contribution in [-0.4, -0.2) is 30.3 Å². The molecule has 0 bridgehead atoms. The van der Waals surface area contributed by atoms with Crippen molar-refractivity contribution in [1.82, 2.24) is 15.5 Å². The van der Waals surface area contributed by atoms with E-state index in [-0.39, 0.29) is 6.10 Å². The average molecular weight is 227 g/mol. The average Bonchev–Trinajstić information content (AvgIpc) is 2.75. The summed E-state index contributed by atoms with van der Waals surface area (Å²) in [6.07, 6.45) is 2.69. The number of hydrogen-bond acceptors (Lipinski definition) is 5. The predicted octanol–water partition coefficient (Wildman–Crippen LogP) is 1.71. The molecule has 5 nitrogen and oxygen atoms in total. The second-order valence-corrected chi connectivity index (χ2v) is 3.66. The fourth-order valence-corrected chi connectivity index (χ4v) is 1.49. The number of hydrogen-bond donors (Lipinski definition) is 1. The lowest BCUT2D eigenvalue weighted by atomic mass is 10.2. The van der Waals surface area contributed by atoms with Crippen LogP contribution >= 0.6 is 0 Å². The third kappa shape index (κ3) is 3.90. The second kappa shape index (κ2) is 7.35. The highest BCUT2D eigenvalue weighted by Gasteiger charge is 2.16. The molecule has 0 aromatic carbocycles. The lowest BCUT2D eigenvalue weighted by molar-refractivity contribution is 0.0854. The number of nitrogens with one attached hydrogen (secondary N) is 1. The molecular weight excluding hydrogens is 206 g/mol. The van der Waals surface area contributed by atoms with E-state index in [2.05, 4.69) is 29.3 Å². The molecule has 16 heavy (non-hydrogen) atoms. The van der Waals surface area contributed by atoms with E-state index in [1.165, 1.54) is 0 Å². The molecule has 0 spiro atoms. The summed E-state index contributed by atoms with van der Waals surface area (Å²) < 4.78 is 10.5. The van der Waals surface area contributed by atoms with Gasteiger partial charge < -0.3 is 14.6 Å². The maximum Gasteiger partial charge on any atom is 0.228 e. The van der Waals surface area contributed by atoms with Gasteiger partial charge in [0.25, 0.3) is 0 Å². The van der Waals surface area contributed by atoms with Gasteiger partial charge in [0, 0.05) is 20.1 Å². The Bertz CT molecular complexity index is 289. The molecule has 1 N–H and O–H groups in total. The van der Waals surface area contributed by atoms with Crippen molar-refractivity contribution in [2.75, 3.05) is 20.2 Å². The van der Waals surface area contributed by atoms with Crippen LogP contribution in [0, 0.1) is 0 Å². The molecule has 0 amide bonds. The van der Waals surface area contributed by atoms with E-state index in [0.29, 0.717) is 11.7 Å². The lowest BCUT2D eigenvalue weighted by Crippen LogP contribution is -2.16. The molecule has 0 aliphatic carbocycles. The minimum absolute atomic E-state index is 0.0402. The van der Waals surface area contributed by atoms with Crippen molar-refractivity contribution in [2.24, 2.45) is 0 Å². The van der Waals surface area contributed by atoms with Crippen molar-refractivity contribution >= 4 is 0 Å². The first-order chi connectivity index (χ1) is 7.81. The first kappa shape index (κ1) is 13.1. The van der Waals surface area contributed by atoms with Crippen LogP contribution in [0.25, 0.3) is 0 Å². The summed E-state index contributed by atoms with van der Waals surface area (Å²) >= 11 is 0. The Morgan fingerprint density at radius 1 is 1.44 bits per heavy atom. The normalized spacial score (nSPS) is 12.9. The fraction of sp³-hybridized carbons (Fsp3) is 0.818. The molecular formula is C11H21N3O2. The van der Waals surface area contributed by atoms with Crippen LogP contribution in [0.2, 0.25) is 0 Å². The molecule has 1 aromatic heterocycles. The van der Waals surface area contributed by atoms with Crippen LogP contribution in [0.3, 0.4) is 0 Å². The van der Waals surface area contributed by atoms with Crippen LogP contribution in [0.5, 0.6) is 0 Å². The topological polar surface area (TPSA) is 60.2 Å². The second-order valence-electron chi connectivity index (χ2n) is 3.66. The number of aromatic nitrogens is 2. The Balaban J connectivity index is 2.48. The summed E-state index contributed by atoms with van der Waals surface area (Å²) in [6, 6.07) is 0. The molecule has 1 aromatic rings. The number of nitrogens with zero attached hydrogens (tertiary/aromatic N) is 2. The molecule has 0 saturated heterocycles. The minimum atomic E-state index is -0.0402. The van der Waals surface area contributed by atoms with Crippen molar-refractivity contribution < 1.29 is 9.26 Å². The maximum atomic E-state index is 5.32. The van der Waals surface area contributed by atoms with Gasteiger partial charge in [0.2, 0.25) is 11.7 Å². The third-order valence-corrected chi connectivity index (χ3v) is 2.37. The van der Waals surface area contributed by atoms with Gasteiger partial charge >= 0.3 is 0 Å². The summed E-state index contributed by atoms with van der Waals surface area (Å²) in [5.74, 6) is 1.34. The van der Waals surface area contributed by atoms with Crippen molar-refractivity contribution in [3.63, 3.8) is 0 Å². The van der Waals surface area contributed by atoms with E-state index in [1.807, 2.05) is 0 Å². The highest BCUT2D eigenvalue weighted by Crippen LogP contribution is 2.18. The molecule has 0 fully saturated rings. The molecule has 0 aliphatic heterocycles. The van der Waals surface area contributed by atoms with Crippen LogP contribution in [0.15, 0.2) is 4.52 Å². The maximum absolute atomic E-state index is 5.32. The van der Waals surface area contributed by atoms with Crippen molar-refractivity contribution in [3.05, 3.63) is 11.7 Å². The van der Waals surface area contributed by atoms with Crippen molar-refractivity contribution in [3.8, 4) is 0 Å². The van der Waals surface area contributed by atoms with E-state index in [4.69, 9.17) is 9.26 Å². The van der Waals surface area contributed by atoms with Crippen LogP contribution in [-0.2, 0) is 11.2 Å². The van der Waals surface area contributed by atoms with Crippen LogP contribution in [0.4, 0.5) is 0 Å². The zero-order valence-electron chi connectivity index (χ0n) is 10.3. The monoisotopic (exact) mass is 227 g/mol. The number of ether oxygens (including phenoxy) is 1. The zero-order valence-corrected chi connectivity index (χ0v) is 10.3. The summed E-state index contributed by atoms with van der Waals surface area (Å²) in [5, 5.41) is 7.16. The Kier molecular flexibility index (Phi) is 6.03. The van der Waals surface area contributed by atoms with E-state index >= 15 is 0 Å². The molecule has 1 heterocycles. The smallest absolute Gasteiger partial charge is 0.228 e. The van der Waals surface area contributed by atoms with Gasteiger partial charge in [-0.15, -0.1) is 0 Å². The molecule has 0 aliphatic rings. The molecule has 0 saturated carbocycles. The number of methoxy groups -OCH3 is 1. The number of likely N-dealkylation sites (N-methyl/N-ethyl adjacent to an activating group) is 1. The summed E-state index contributed by atoms with van der Waals surface area (Å²) in [6.45, 7) is 6.00. The highest BCUT2D eigenvalue weighted by molar-refractivity contribution is 4.91. The van der Waals surface area contributed by atoms with Gasteiger partial charge in [-0.25, -0.2) is 0 Å². The summed E-state index contributed by atoms with van der Waals surface area (Å²) in [7, 11) is 1.68. The molecule has 92 valence electrons. The fourth-order valence-electron chi connectivity index (χ4n) is 1.49. The predicted molar refractivity (Wildman–Crippen MR) is 61.2 cm³/mol. The first-order valence-electron chi connectivity index (χ1n) is 5.87. The molecule has 5 heteroatoms. The van der Waals surface area contributed by atoms with Gasteiger partial charge in [0.1, 0.15) is 6.10 Å².